The number of guanidine groups is 1. The molecule has 0 aromatic heterocycles. The Balaban J connectivity index is 1.51. The van der Waals surface area contributed by atoms with Gasteiger partial charge in [0.2, 0.25) is 5.91 Å². The number of amides is 1. The second-order valence-corrected chi connectivity index (χ2v) is 7.01. The van der Waals surface area contributed by atoms with Crippen LogP contribution < -0.4 is 10.6 Å². The molecule has 2 aliphatic heterocycles. The highest BCUT2D eigenvalue weighted by Gasteiger charge is 2.18. The molecule has 0 unspecified atom stereocenters. The van der Waals surface area contributed by atoms with Gasteiger partial charge in [-0.1, -0.05) is 0 Å². The number of carbonyl (C=O) groups excluding carboxylic acids is 1. The van der Waals surface area contributed by atoms with Crippen molar-refractivity contribution in [2.45, 2.75) is 45.4 Å². The third-order valence-electron chi connectivity index (χ3n) is 4.82. The highest BCUT2D eigenvalue weighted by molar-refractivity contribution is 5.79. The van der Waals surface area contributed by atoms with Gasteiger partial charge in [-0.15, -0.1) is 0 Å². The average molecular weight is 369 g/mol. The Kier molecular flexibility index (Phi) is 10.4. The third kappa shape index (κ3) is 8.36. The quantitative estimate of drug-likeness (QED) is 0.327. The van der Waals surface area contributed by atoms with Gasteiger partial charge < -0.3 is 25.0 Å². The highest BCUT2D eigenvalue weighted by Crippen LogP contribution is 2.14. The van der Waals surface area contributed by atoms with Crippen LogP contribution in [0.25, 0.3) is 0 Å². The van der Waals surface area contributed by atoms with Crippen LogP contribution in [0, 0.1) is 5.92 Å². The van der Waals surface area contributed by atoms with Gasteiger partial charge in [0.05, 0.1) is 0 Å². The monoisotopic (exact) mass is 368 g/mol. The lowest BCUT2D eigenvalue weighted by Gasteiger charge is -2.21. The molecular weight excluding hydrogens is 332 g/mol. The number of hydrogen-bond donors (Lipinski definition) is 2. The molecule has 0 radical (unpaired) electrons. The molecular formula is C19H36N4O3. The van der Waals surface area contributed by atoms with Gasteiger partial charge in [-0.05, 0) is 44.9 Å². The van der Waals surface area contributed by atoms with E-state index in [1.165, 1.54) is 0 Å². The number of carbonyl (C=O) groups is 1. The fraction of sp³-hybridized carbons (Fsp3) is 0.895. The minimum Gasteiger partial charge on any atom is -0.381 e. The number of aliphatic imine (C=N–C) groups is 1. The molecule has 7 heteroatoms. The van der Waals surface area contributed by atoms with Crippen LogP contribution in [0.3, 0.4) is 0 Å². The summed E-state index contributed by atoms with van der Waals surface area (Å²) in [6.45, 7) is 9.62. The number of nitrogens with one attached hydrogen (secondary N) is 2. The van der Waals surface area contributed by atoms with E-state index in [4.69, 9.17) is 9.47 Å². The standard InChI is InChI=1S/C19H36N4O3/c1-2-20-19(21-9-4-12-23-11-3-6-18(23)24)22-10-5-13-26-16-17-7-14-25-15-8-17/h17H,2-16H2,1H3,(H2,20,21,22). The molecule has 2 saturated heterocycles. The summed E-state index contributed by atoms with van der Waals surface area (Å²) in [7, 11) is 0. The molecule has 0 saturated carbocycles. The topological polar surface area (TPSA) is 75.2 Å². The molecule has 0 aromatic carbocycles. The van der Waals surface area contributed by atoms with Crippen molar-refractivity contribution in [2.75, 3.05) is 59.2 Å². The first-order valence-corrected chi connectivity index (χ1v) is 10.2. The van der Waals surface area contributed by atoms with Crippen molar-refractivity contribution in [1.82, 2.24) is 15.5 Å². The van der Waals surface area contributed by atoms with Crippen LogP contribution in [0.4, 0.5) is 0 Å². The molecule has 2 fully saturated rings. The fourth-order valence-electron chi connectivity index (χ4n) is 3.28. The average Bonchev–Trinajstić information content (AvgIpc) is 3.07. The Morgan fingerprint density at radius 3 is 2.88 bits per heavy atom. The Labute approximate surface area is 157 Å². The van der Waals surface area contributed by atoms with Gasteiger partial charge in [0.25, 0.3) is 0 Å². The fourth-order valence-corrected chi connectivity index (χ4v) is 3.28. The molecule has 0 spiro atoms. The number of hydrogen-bond acceptors (Lipinski definition) is 4. The molecule has 26 heavy (non-hydrogen) atoms. The molecule has 1 amide bonds. The Morgan fingerprint density at radius 2 is 2.15 bits per heavy atom. The zero-order valence-electron chi connectivity index (χ0n) is 16.3. The second-order valence-electron chi connectivity index (χ2n) is 7.01. The summed E-state index contributed by atoms with van der Waals surface area (Å²) in [4.78, 5) is 18.1. The van der Waals surface area contributed by atoms with Crippen molar-refractivity contribution in [3.8, 4) is 0 Å². The van der Waals surface area contributed by atoms with Gasteiger partial charge in [-0.3, -0.25) is 9.79 Å². The van der Waals surface area contributed by atoms with E-state index in [2.05, 4.69) is 22.5 Å². The van der Waals surface area contributed by atoms with Gasteiger partial charge in [-0.2, -0.15) is 0 Å². The summed E-state index contributed by atoms with van der Waals surface area (Å²) in [5.41, 5.74) is 0. The van der Waals surface area contributed by atoms with Gasteiger partial charge in [0.1, 0.15) is 0 Å². The van der Waals surface area contributed by atoms with Crippen LogP contribution in [-0.2, 0) is 14.3 Å². The van der Waals surface area contributed by atoms with E-state index in [1.54, 1.807) is 0 Å². The zero-order chi connectivity index (χ0) is 18.5. The summed E-state index contributed by atoms with van der Waals surface area (Å²) in [6, 6.07) is 0. The van der Waals surface area contributed by atoms with Crippen molar-refractivity contribution in [3.63, 3.8) is 0 Å². The maximum Gasteiger partial charge on any atom is 0.222 e. The smallest absolute Gasteiger partial charge is 0.222 e. The SMILES string of the molecule is CCNC(=NCCCN1CCCC1=O)NCCCOCC1CCOCC1. The van der Waals surface area contributed by atoms with E-state index >= 15 is 0 Å². The number of likely N-dealkylation sites (tertiary alicyclic amines) is 1. The van der Waals surface area contributed by atoms with Crippen LogP contribution in [0.2, 0.25) is 0 Å². The number of rotatable bonds is 11. The Morgan fingerprint density at radius 1 is 1.31 bits per heavy atom. The highest BCUT2D eigenvalue weighted by atomic mass is 16.5. The summed E-state index contributed by atoms with van der Waals surface area (Å²) in [6.07, 6.45) is 5.84. The largest absolute Gasteiger partial charge is 0.381 e. The van der Waals surface area contributed by atoms with E-state index in [1.807, 2.05) is 4.90 Å². The van der Waals surface area contributed by atoms with Crippen molar-refractivity contribution in [3.05, 3.63) is 0 Å². The van der Waals surface area contributed by atoms with Crippen LogP contribution in [0.15, 0.2) is 4.99 Å². The number of nitrogens with zero attached hydrogens (tertiary/aromatic N) is 2. The maximum absolute atomic E-state index is 11.6. The third-order valence-corrected chi connectivity index (χ3v) is 4.82. The minimum absolute atomic E-state index is 0.291. The lowest BCUT2D eigenvalue weighted by Crippen LogP contribution is -2.38. The van der Waals surface area contributed by atoms with E-state index in [9.17, 15) is 4.79 Å². The van der Waals surface area contributed by atoms with Crippen molar-refractivity contribution in [2.24, 2.45) is 10.9 Å². The molecule has 2 rings (SSSR count). The van der Waals surface area contributed by atoms with Gasteiger partial charge >= 0.3 is 0 Å². The Bertz CT molecular complexity index is 425. The predicted molar refractivity (Wildman–Crippen MR) is 103 cm³/mol. The van der Waals surface area contributed by atoms with E-state index in [0.29, 0.717) is 18.2 Å². The Hall–Kier alpha value is -1.34. The van der Waals surface area contributed by atoms with Gasteiger partial charge in [-0.25, -0.2) is 0 Å². The molecule has 2 aliphatic rings. The summed E-state index contributed by atoms with van der Waals surface area (Å²) >= 11 is 0. The molecule has 150 valence electrons. The predicted octanol–water partition coefficient (Wildman–Crippen LogP) is 1.39. The number of ether oxygens (including phenoxy) is 2. The molecule has 0 aliphatic carbocycles. The molecule has 0 atom stereocenters. The lowest BCUT2D eigenvalue weighted by molar-refractivity contribution is -0.127. The molecule has 0 aromatic rings. The molecule has 0 bridgehead atoms. The van der Waals surface area contributed by atoms with Crippen LogP contribution >= 0.6 is 0 Å². The first-order valence-electron chi connectivity index (χ1n) is 10.2. The van der Waals surface area contributed by atoms with Crippen LogP contribution in [-0.4, -0.2) is 75.9 Å². The molecule has 2 N–H and O–H groups in total. The van der Waals surface area contributed by atoms with Crippen LogP contribution in [0.5, 0.6) is 0 Å². The first kappa shape index (κ1) is 21.0. The first-order chi connectivity index (χ1) is 12.8. The summed E-state index contributed by atoms with van der Waals surface area (Å²) in [5.74, 6) is 1.81. The van der Waals surface area contributed by atoms with E-state index in [0.717, 1.165) is 97.2 Å². The van der Waals surface area contributed by atoms with Crippen molar-refractivity contribution < 1.29 is 14.3 Å². The zero-order valence-corrected chi connectivity index (χ0v) is 16.3. The summed E-state index contributed by atoms with van der Waals surface area (Å²) in [5, 5.41) is 6.62. The summed E-state index contributed by atoms with van der Waals surface area (Å²) < 4.78 is 11.2. The van der Waals surface area contributed by atoms with E-state index in [-0.39, 0.29) is 0 Å². The van der Waals surface area contributed by atoms with Gasteiger partial charge in [0.15, 0.2) is 5.96 Å². The van der Waals surface area contributed by atoms with Gasteiger partial charge in [0, 0.05) is 65.6 Å². The van der Waals surface area contributed by atoms with Crippen LogP contribution in [0.1, 0.15) is 45.4 Å². The lowest BCUT2D eigenvalue weighted by atomic mass is 10.0. The minimum atomic E-state index is 0.291. The van der Waals surface area contributed by atoms with Crippen molar-refractivity contribution in [1.29, 1.82) is 0 Å². The maximum atomic E-state index is 11.6. The normalized spacial score (nSPS) is 19.2. The molecule has 2 heterocycles. The molecule has 7 nitrogen and oxygen atoms in total. The van der Waals surface area contributed by atoms with Crippen molar-refractivity contribution >= 4 is 11.9 Å². The van der Waals surface area contributed by atoms with E-state index < -0.39 is 0 Å². The second kappa shape index (κ2) is 12.9.